The molecule has 0 bridgehead atoms. The van der Waals surface area contributed by atoms with E-state index in [0.29, 0.717) is 13.2 Å². The highest BCUT2D eigenvalue weighted by atomic mass is 19.4. The Hall–Kier alpha value is -0.820. The molecule has 1 rings (SSSR count). The first-order valence-corrected chi connectivity index (χ1v) is 5.46. The van der Waals surface area contributed by atoms with E-state index in [-0.39, 0.29) is 6.10 Å². The third kappa shape index (κ3) is 5.88. The SMILES string of the molecule is C[C@@H](OCC(F)(F)F)C(=O)NC[C@@H]1CCCO1. The number of carbonyl (C=O) groups excluding carboxylic acids is 1. The molecule has 0 unspecified atom stereocenters. The van der Waals surface area contributed by atoms with Crippen molar-refractivity contribution < 1.29 is 27.4 Å². The van der Waals surface area contributed by atoms with Gasteiger partial charge in [0.05, 0.1) is 6.10 Å². The first-order chi connectivity index (χ1) is 7.88. The highest BCUT2D eigenvalue weighted by Crippen LogP contribution is 2.15. The molecule has 17 heavy (non-hydrogen) atoms. The minimum absolute atomic E-state index is 0.0335. The van der Waals surface area contributed by atoms with Gasteiger partial charge in [0.15, 0.2) is 0 Å². The van der Waals surface area contributed by atoms with Gasteiger partial charge in [-0.2, -0.15) is 13.2 Å². The lowest BCUT2D eigenvalue weighted by Gasteiger charge is -2.16. The number of rotatable bonds is 5. The largest absolute Gasteiger partial charge is 0.411 e. The molecule has 0 aromatic rings. The summed E-state index contributed by atoms with van der Waals surface area (Å²) >= 11 is 0. The van der Waals surface area contributed by atoms with Gasteiger partial charge >= 0.3 is 6.18 Å². The van der Waals surface area contributed by atoms with Crippen LogP contribution in [0.3, 0.4) is 0 Å². The highest BCUT2D eigenvalue weighted by Gasteiger charge is 2.30. The zero-order valence-electron chi connectivity index (χ0n) is 9.55. The fourth-order valence-electron chi connectivity index (χ4n) is 1.46. The van der Waals surface area contributed by atoms with Crippen LogP contribution in [-0.4, -0.2) is 44.0 Å². The van der Waals surface area contributed by atoms with Gasteiger partial charge in [0.1, 0.15) is 12.7 Å². The van der Waals surface area contributed by atoms with Crippen molar-refractivity contribution in [1.82, 2.24) is 5.32 Å². The Kier molecular flexibility index (Phi) is 5.20. The maximum atomic E-state index is 11.8. The van der Waals surface area contributed by atoms with Crippen molar-refractivity contribution in [3.05, 3.63) is 0 Å². The van der Waals surface area contributed by atoms with Gasteiger partial charge in [-0.3, -0.25) is 4.79 Å². The maximum absolute atomic E-state index is 11.8. The van der Waals surface area contributed by atoms with Crippen LogP contribution in [0.4, 0.5) is 13.2 Å². The summed E-state index contributed by atoms with van der Waals surface area (Å²) in [5, 5.41) is 2.50. The van der Waals surface area contributed by atoms with E-state index in [2.05, 4.69) is 10.1 Å². The van der Waals surface area contributed by atoms with Crippen LogP contribution in [0.25, 0.3) is 0 Å². The number of carbonyl (C=O) groups is 1. The molecular formula is C10H16F3NO3. The average molecular weight is 255 g/mol. The summed E-state index contributed by atoms with van der Waals surface area (Å²) < 4.78 is 45.2. The lowest BCUT2D eigenvalue weighted by Crippen LogP contribution is -2.40. The Morgan fingerprint density at radius 2 is 2.29 bits per heavy atom. The molecule has 0 aliphatic carbocycles. The molecule has 1 N–H and O–H groups in total. The molecule has 1 aliphatic rings. The fourth-order valence-corrected chi connectivity index (χ4v) is 1.46. The molecule has 0 radical (unpaired) electrons. The van der Waals surface area contributed by atoms with E-state index in [1.165, 1.54) is 6.92 Å². The van der Waals surface area contributed by atoms with E-state index in [4.69, 9.17) is 4.74 Å². The van der Waals surface area contributed by atoms with Crippen molar-refractivity contribution in [2.45, 2.75) is 38.1 Å². The molecular weight excluding hydrogens is 239 g/mol. The molecule has 1 saturated heterocycles. The predicted octanol–water partition coefficient (Wildman–Crippen LogP) is 1.25. The quantitative estimate of drug-likeness (QED) is 0.804. The second-order valence-corrected chi connectivity index (χ2v) is 3.95. The van der Waals surface area contributed by atoms with Gasteiger partial charge in [-0.15, -0.1) is 0 Å². The van der Waals surface area contributed by atoms with Crippen LogP contribution in [0.15, 0.2) is 0 Å². The van der Waals surface area contributed by atoms with Crippen LogP contribution in [0.1, 0.15) is 19.8 Å². The molecule has 1 aliphatic heterocycles. The highest BCUT2D eigenvalue weighted by molar-refractivity contribution is 5.80. The summed E-state index contributed by atoms with van der Waals surface area (Å²) in [5.41, 5.74) is 0. The number of hydrogen-bond acceptors (Lipinski definition) is 3. The third-order valence-corrected chi connectivity index (χ3v) is 2.39. The molecule has 0 aromatic carbocycles. The molecule has 1 amide bonds. The van der Waals surface area contributed by atoms with Crippen LogP contribution in [0.2, 0.25) is 0 Å². The summed E-state index contributed by atoms with van der Waals surface area (Å²) in [6.07, 6.45) is -3.76. The standard InChI is InChI=1S/C10H16F3NO3/c1-7(17-6-10(11,12)13)9(15)14-5-8-3-2-4-16-8/h7-8H,2-6H2,1H3,(H,14,15)/t7-,8+/m1/s1. The molecule has 1 fully saturated rings. The van der Waals surface area contributed by atoms with E-state index in [0.717, 1.165) is 12.8 Å². The maximum Gasteiger partial charge on any atom is 0.411 e. The van der Waals surface area contributed by atoms with Gasteiger partial charge in [0.2, 0.25) is 5.91 Å². The van der Waals surface area contributed by atoms with E-state index in [9.17, 15) is 18.0 Å². The van der Waals surface area contributed by atoms with Crippen molar-refractivity contribution in [1.29, 1.82) is 0 Å². The minimum Gasteiger partial charge on any atom is -0.376 e. The normalized spacial score (nSPS) is 22.5. The second-order valence-electron chi connectivity index (χ2n) is 3.95. The van der Waals surface area contributed by atoms with Gasteiger partial charge in [0.25, 0.3) is 0 Å². The van der Waals surface area contributed by atoms with Crippen LogP contribution >= 0.6 is 0 Å². The Bertz CT molecular complexity index is 252. The van der Waals surface area contributed by atoms with Gasteiger partial charge in [-0.25, -0.2) is 0 Å². The van der Waals surface area contributed by atoms with Gasteiger partial charge in [-0.05, 0) is 19.8 Å². The number of hydrogen-bond donors (Lipinski definition) is 1. The van der Waals surface area contributed by atoms with E-state index in [1.54, 1.807) is 0 Å². The van der Waals surface area contributed by atoms with Gasteiger partial charge in [0, 0.05) is 13.2 Å². The third-order valence-electron chi connectivity index (χ3n) is 2.39. The summed E-state index contributed by atoms with van der Waals surface area (Å²) in [4.78, 5) is 11.4. The topological polar surface area (TPSA) is 47.6 Å². The van der Waals surface area contributed by atoms with Crippen molar-refractivity contribution in [2.75, 3.05) is 19.8 Å². The zero-order chi connectivity index (χ0) is 12.9. The van der Waals surface area contributed by atoms with Crippen molar-refractivity contribution in [3.63, 3.8) is 0 Å². The smallest absolute Gasteiger partial charge is 0.376 e. The summed E-state index contributed by atoms with van der Waals surface area (Å²) in [6, 6.07) is 0. The number of amides is 1. The Balaban J connectivity index is 2.17. The molecule has 4 nitrogen and oxygen atoms in total. The number of ether oxygens (including phenoxy) is 2. The molecule has 100 valence electrons. The lowest BCUT2D eigenvalue weighted by molar-refractivity contribution is -0.185. The Labute approximate surface area is 97.5 Å². The first kappa shape index (κ1) is 14.2. The summed E-state index contributed by atoms with van der Waals surface area (Å²) in [7, 11) is 0. The van der Waals surface area contributed by atoms with Crippen molar-refractivity contribution in [2.24, 2.45) is 0 Å². The van der Waals surface area contributed by atoms with Gasteiger partial charge in [-0.1, -0.05) is 0 Å². The monoisotopic (exact) mass is 255 g/mol. The van der Waals surface area contributed by atoms with Crippen LogP contribution in [-0.2, 0) is 14.3 Å². The summed E-state index contributed by atoms with van der Waals surface area (Å²) in [5.74, 6) is -0.551. The predicted molar refractivity (Wildman–Crippen MR) is 53.5 cm³/mol. The van der Waals surface area contributed by atoms with E-state index in [1.807, 2.05) is 0 Å². The molecule has 0 aromatic heterocycles. The molecule has 2 atom stereocenters. The van der Waals surface area contributed by atoms with Crippen LogP contribution in [0.5, 0.6) is 0 Å². The second kappa shape index (κ2) is 6.20. The zero-order valence-corrected chi connectivity index (χ0v) is 9.55. The molecule has 1 heterocycles. The minimum atomic E-state index is -4.41. The molecule has 7 heteroatoms. The fraction of sp³-hybridized carbons (Fsp3) is 0.900. The number of halogens is 3. The Morgan fingerprint density at radius 1 is 1.59 bits per heavy atom. The van der Waals surface area contributed by atoms with Crippen molar-refractivity contribution in [3.8, 4) is 0 Å². The number of alkyl halides is 3. The molecule has 0 spiro atoms. The first-order valence-electron chi connectivity index (χ1n) is 5.46. The average Bonchev–Trinajstić information content (AvgIpc) is 2.74. The van der Waals surface area contributed by atoms with Crippen molar-refractivity contribution >= 4 is 5.91 Å². The van der Waals surface area contributed by atoms with Crippen LogP contribution in [0, 0.1) is 0 Å². The Morgan fingerprint density at radius 3 is 2.82 bits per heavy atom. The summed E-state index contributed by atoms with van der Waals surface area (Å²) in [6.45, 7) is 0.858. The van der Waals surface area contributed by atoms with Crippen LogP contribution < -0.4 is 5.32 Å². The van der Waals surface area contributed by atoms with E-state index >= 15 is 0 Å². The number of nitrogens with one attached hydrogen (secondary N) is 1. The lowest BCUT2D eigenvalue weighted by atomic mass is 10.2. The van der Waals surface area contributed by atoms with Gasteiger partial charge < -0.3 is 14.8 Å². The van der Waals surface area contributed by atoms with E-state index < -0.39 is 24.8 Å². The molecule has 0 saturated carbocycles.